The van der Waals surface area contributed by atoms with Gasteiger partial charge in [-0.3, -0.25) is 9.59 Å². The van der Waals surface area contributed by atoms with Crippen LogP contribution in [0.5, 0.6) is 0 Å². The smallest absolute Gasteiger partial charge is 0.193 e. The van der Waals surface area contributed by atoms with Gasteiger partial charge < -0.3 is 0 Å². The monoisotopic (exact) mass is 638 g/mol. The molecule has 0 radical (unpaired) electrons. The Balaban J connectivity index is 1.47. The molecule has 2 nitrogen and oxygen atoms in total. The number of benzene rings is 3. The topological polar surface area (TPSA) is 34.1 Å². The lowest BCUT2D eigenvalue weighted by Gasteiger charge is -2.43. The van der Waals surface area contributed by atoms with Crippen molar-refractivity contribution in [2.75, 3.05) is 0 Å². The molecule has 6 heteroatoms. The third-order valence-electron chi connectivity index (χ3n) is 9.17. The van der Waals surface area contributed by atoms with Crippen molar-refractivity contribution in [1.29, 1.82) is 0 Å². The Morgan fingerprint density at radius 3 is 1.02 bits per heavy atom. The molecule has 0 unspecified atom stereocenters. The largest absolute Gasteiger partial charge is 0.289 e. The van der Waals surface area contributed by atoms with Crippen molar-refractivity contribution in [2.24, 2.45) is 0 Å². The summed E-state index contributed by atoms with van der Waals surface area (Å²) in [6, 6.07) is 37.2. The van der Waals surface area contributed by atoms with E-state index in [1.54, 1.807) is 45.3 Å². The summed E-state index contributed by atoms with van der Waals surface area (Å²) < 4.78 is 0. The number of rotatable bonds is 4. The summed E-state index contributed by atoms with van der Waals surface area (Å²) in [7, 11) is 0. The third-order valence-corrected chi connectivity index (χ3v) is 13.1. The molecular weight excluding hydrogens is 617 g/mol. The maximum absolute atomic E-state index is 14.7. The molecule has 2 aliphatic rings. The third kappa shape index (κ3) is 3.23. The zero-order chi connectivity index (χ0) is 29.5. The maximum atomic E-state index is 14.7. The summed E-state index contributed by atoms with van der Waals surface area (Å²) in [6.45, 7) is 0. The molecule has 2 aliphatic carbocycles. The first-order chi connectivity index (χ1) is 21.7. The predicted octanol–water partition coefficient (Wildman–Crippen LogP) is 9.79. The molecule has 44 heavy (non-hydrogen) atoms. The van der Waals surface area contributed by atoms with Crippen molar-refractivity contribution in [2.45, 2.75) is 10.8 Å². The highest BCUT2D eigenvalue weighted by Gasteiger charge is 2.52. The van der Waals surface area contributed by atoms with Crippen molar-refractivity contribution in [3.05, 3.63) is 195 Å². The summed E-state index contributed by atoms with van der Waals surface area (Å²) in [6.07, 6.45) is 0. The summed E-state index contributed by atoms with van der Waals surface area (Å²) in [5.41, 5.74) is 4.99. The first kappa shape index (κ1) is 26.2. The Morgan fingerprint density at radius 1 is 0.364 bits per heavy atom. The van der Waals surface area contributed by atoms with Gasteiger partial charge in [-0.05, 0) is 80.2 Å². The molecule has 7 aromatic rings. The van der Waals surface area contributed by atoms with E-state index in [-0.39, 0.29) is 11.6 Å². The lowest BCUT2D eigenvalue weighted by atomic mass is 9.59. The second kappa shape index (κ2) is 9.65. The molecular formula is C38H22O2S4. The average Bonchev–Trinajstić information content (AvgIpc) is 3.90. The van der Waals surface area contributed by atoms with Crippen LogP contribution in [0.25, 0.3) is 0 Å². The van der Waals surface area contributed by atoms with Gasteiger partial charge in [0.15, 0.2) is 11.6 Å². The van der Waals surface area contributed by atoms with Gasteiger partial charge in [-0.1, -0.05) is 72.8 Å². The van der Waals surface area contributed by atoms with Gasteiger partial charge in [0, 0.05) is 41.8 Å². The molecule has 0 saturated heterocycles. The zero-order valence-electron chi connectivity index (χ0n) is 23.2. The number of hydrogen-bond donors (Lipinski definition) is 0. The zero-order valence-corrected chi connectivity index (χ0v) is 26.4. The predicted molar refractivity (Wildman–Crippen MR) is 181 cm³/mol. The SMILES string of the molecule is O=C1c2ccccc2C(c2cccs2)(c2cccs2)c2cc3c(cc21)C(c1cccs1)(c1cccs1)c1ccccc1C3=O. The maximum Gasteiger partial charge on any atom is 0.193 e. The molecule has 4 aromatic heterocycles. The molecule has 0 bridgehead atoms. The number of fused-ring (bicyclic) bond motifs is 4. The molecule has 0 aliphatic heterocycles. The number of thiophene rings is 4. The molecule has 4 heterocycles. The van der Waals surface area contributed by atoms with E-state index < -0.39 is 10.8 Å². The van der Waals surface area contributed by atoms with Crippen LogP contribution in [-0.2, 0) is 10.8 Å². The number of ketones is 2. The second-order valence-electron chi connectivity index (χ2n) is 11.1. The van der Waals surface area contributed by atoms with Crippen LogP contribution in [0.4, 0.5) is 0 Å². The lowest BCUT2D eigenvalue weighted by Crippen LogP contribution is -2.40. The number of carbonyl (C=O) groups excluding carboxylic acids is 2. The normalized spacial score (nSPS) is 15.7. The average molecular weight is 639 g/mol. The van der Waals surface area contributed by atoms with Crippen molar-refractivity contribution >= 4 is 56.9 Å². The van der Waals surface area contributed by atoms with Gasteiger partial charge >= 0.3 is 0 Å². The molecule has 0 amide bonds. The Bertz CT molecular complexity index is 1970. The van der Waals surface area contributed by atoms with Gasteiger partial charge in [0.05, 0.1) is 10.8 Å². The minimum Gasteiger partial charge on any atom is -0.289 e. The van der Waals surface area contributed by atoms with Crippen LogP contribution < -0.4 is 0 Å². The minimum atomic E-state index is -0.719. The quantitative estimate of drug-likeness (QED) is 0.192. The highest BCUT2D eigenvalue weighted by molar-refractivity contribution is 7.12. The lowest BCUT2D eigenvalue weighted by molar-refractivity contribution is 0.101. The van der Waals surface area contributed by atoms with Crippen LogP contribution in [0.1, 0.15) is 73.6 Å². The van der Waals surface area contributed by atoms with E-state index in [2.05, 4.69) is 94.3 Å². The van der Waals surface area contributed by atoms with Crippen LogP contribution in [0.2, 0.25) is 0 Å². The van der Waals surface area contributed by atoms with Gasteiger partial charge in [0.2, 0.25) is 0 Å². The van der Waals surface area contributed by atoms with Crippen molar-refractivity contribution in [3.63, 3.8) is 0 Å². The molecule has 0 fully saturated rings. The number of carbonyl (C=O) groups is 2. The summed E-state index contributed by atoms with van der Waals surface area (Å²) in [4.78, 5) is 33.8. The molecule has 0 saturated carbocycles. The standard InChI is InChI=1S/C38H22O2S4/c39-35-23-9-1-3-11-27(23)37(31-13-5-17-41-31,32-14-6-18-42-32)29-22-26-30(21-25(29)35)38(33-15-7-19-43-33,34-16-8-20-44-34)28-12-4-2-10-24(28)36(26)40/h1-22H. The van der Waals surface area contributed by atoms with E-state index in [9.17, 15) is 9.59 Å². The Morgan fingerprint density at radius 2 is 0.705 bits per heavy atom. The van der Waals surface area contributed by atoms with E-state index in [0.29, 0.717) is 22.3 Å². The van der Waals surface area contributed by atoms with Gasteiger partial charge in [-0.15, -0.1) is 45.3 Å². The van der Waals surface area contributed by atoms with E-state index in [4.69, 9.17) is 0 Å². The van der Waals surface area contributed by atoms with Crippen LogP contribution >= 0.6 is 45.3 Å². The van der Waals surface area contributed by atoms with Crippen molar-refractivity contribution < 1.29 is 9.59 Å². The molecule has 210 valence electrons. The fourth-order valence-electron chi connectivity index (χ4n) is 7.46. The van der Waals surface area contributed by atoms with Crippen LogP contribution in [0, 0.1) is 0 Å². The Kier molecular flexibility index (Phi) is 5.75. The fraction of sp³-hybridized carbons (Fsp3) is 0.0526. The highest BCUT2D eigenvalue weighted by Crippen LogP contribution is 2.58. The van der Waals surface area contributed by atoms with Crippen LogP contribution in [-0.4, -0.2) is 11.6 Å². The Labute approximate surface area is 270 Å². The van der Waals surface area contributed by atoms with Crippen LogP contribution in [0.15, 0.2) is 131 Å². The number of hydrogen-bond acceptors (Lipinski definition) is 6. The van der Waals surface area contributed by atoms with E-state index in [1.807, 2.05) is 36.4 Å². The van der Waals surface area contributed by atoms with E-state index in [0.717, 1.165) is 41.8 Å². The van der Waals surface area contributed by atoms with Gasteiger partial charge in [0.25, 0.3) is 0 Å². The van der Waals surface area contributed by atoms with E-state index in [1.165, 1.54) is 0 Å². The molecule has 0 N–H and O–H groups in total. The van der Waals surface area contributed by atoms with E-state index >= 15 is 0 Å². The molecule has 3 aromatic carbocycles. The van der Waals surface area contributed by atoms with Crippen molar-refractivity contribution in [1.82, 2.24) is 0 Å². The van der Waals surface area contributed by atoms with Gasteiger partial charge in [-0.2, -0.15) is 0 Å². The molecule has 0 atom stereocenters. The minimum absolute atomic E-state index is 0.000274. The summed E-state index contributed by atoms with van der Waals surface area (Å²) in [5.74, 6) is -0.000548. The first-order valence-corrected chi connectivity index (χ1v) is 17.8. The first-order valence-electron chi connectivity index (χ1n) is 14.3. The van der Waals surface area contributed by atoms with Crippen LogP contribution in [0.3, 0.4) is 0 Å². The van der Waals surface area contributed by atoms with Crippen molar-refractivity contribution in [3.8, 4) is 0 Å². The highest BCUT2D eigenvalue weighted by atomic mass is 32.1. The summed E-state index contributed by atoms with van der Waals surface area (Å²) >= 11 is 6.77. The fourth-order valence-corrected chi connectivity index (χ4v) is 11.5. The summed E-state index contributed by atoms with van der Waals surface area (Å²) in [5, 5.41) is 8.40. The Hall–Kier alpha value is -4.20. The van der Waals surface area contributed by atoms with Gasteiger partial charge in [0.1, 0.15) is 0 Å². The second-order valence-corrected chi connectivity index (χ2v) is 14.9. The molecule has 9 rings (SSSR count). The molecule has 0 spiro atoms. The van der Waals surface area contributed by atoms with Gasteiger partial charge in [-0.25, -0.2) is 0 Å².